The average Bonchev–Trinajstić information content (AvgIpc) is 3.24. The number of nitrogens with zero attached hydrogens (tertiary/aromatic N) is 1. The lowest BCUT2D eigenvalue weighted by Crippen LogP contribution is -2.15. The van der Waals surface area contributed by atoms with Crippen molar-refractivity contribution in [3.8, 4) is 0 Å². The van der Waals surface area contributed by atoms with E-state index in [1.807, 2.05) is 42.7 Å². The van der Waals surface area contributed by atoms with Crippen LogP contribution >= 0.6 is 0 Å². The fourth-order valence-electron chi connectivity index (χ4n) is 4.07. The SMILES string of the molecule is CC(C)(C)c1cc(Nc2ccccc2)cc(N(c2ccccc2)c2coc3ccccc23)c1. The van der Waals surface area contributed by atoms with Crippen LogP contribution in [0.2, 0.25) is 0 Å². The number of para-hydroxylation sites is 3. The molecule has 4 aromatic carbocycles. The second kappa shape index (κ2) is 8.51. The zero-order valence-corrected chi connectivity index (χ0v) is 19.2. The molecular formula is C30H28N2O. The van der Waals surface area contributed by atoms with E-state index in [1.54, 1.807) is 0 Å². The minimum atomic E-state index is -0.00997. The van der Waals surface area contributed by atoms with Gasteiger partial charge in [0.05, 0.1) is 5.69 Å². The highest BCUT2D eigenvalue weighted by Crippen LogP contribution is 2.42. The Morgan fingerprint density at radius 3 is 2.06 bits per heavy atom. The molecule has 0 saturated carbocycles. The Morgan fingerprint density at radius 2 is 1.33 bits per heavy atom. The zero-order valence-electron chi connectivity index (χ0n) is 19.2. The van der Waals surface area contributed by atoms with Gasteiger partial charge in [0.15, 0.2) is 0 Å². The third-order valence-electron chi connectivity index (χ3n) is 5.82. The first-order valence-corrected chi connectivity index (χ1v) is 11.3. The van der Waals surface area contributed by atoms with E-state index in [9.17, 15) is 0 Å². The molecule has 1 N–H and O–H groups in total. The second-order valence-electron chi connectivity index (χ2n) is 9.30. The topological polar surface area (TPSA) is 28.4 Å². The highest BCUT2D eigenvalue weighted by molar-refractivity contribution is 5.97. The van der Waals surface area contributed by atoms with Gasteiger partial charge in [0, 0.05) is 28.1 Å². The molecule has 5 aromatic rings. The molecule has 0 fully saturated rings. The molecule has 0 aliphatic rings. The van der Waals surface area contributed by atoms with Gasteiger partial charge >= 0.3 is 0 Å². The van der Waals surface area contributed by atoms with Crippen LogP contribution in [0, 0.1) is 0 Å². The molecule has 1 heterocycles. The van der Waals surface area contributed by atoms with Crippen LogP contribution in [0.4, 0.5) is 28.4 Å². The quantitative estimate of drug-likeness (QED) is 0.300. The number of furan rings is 1. The Kier molecular flexibility index (Phi) is 5.39. The Morgan fingerprint density at radius 1 is 0.667 bits per heavy atom. The zero-order chi connectivity index (χ0) is 22.8. The van der Waals surface area contributed by atoms with E-state index < -0.39 is 0 Å². The van der Waals surface area contributed by atoms with Crippen LogP contribution in [0.25, 0.3) is 11.0 Å². The normalized spacial score (nSPS) is 11.5. The first kappa shape index (κ1) is 20.9. The molecule has 0 spiro atoms. The van der Waals surface area contributed by atoms with E-state index in [4.69, 9.17) is 4.42 Å². The maximum atomic E-state index is 5.94. The molecule has 0 atom stereocenters. The van der Waals surface area contributed by atoms with Gasteiger partial charge in [0.25, 0.3) is 0 Å². The van der Waals surface area contributed by atoms with Crippen molar-refractivity contribution in [3.05, 3.63) is 115 Å². The van der Waals surface area contributed by atoms with E-state index in [0.29, 0.717) is 0 Å². The van der Waals surface area contributed by atoms with Crippen LogP contribution < -0.4 is 10.2 Å². The van der Waals surface area contributed by atoms with Crippen molar-refractivity contribution in [3.63, 3.8) is 0 Å². The number of fused-ring (bicyclic) bond motifs is 1. The minimum Gasteiger partial charge on any atom is -0.462 e. The summed E-state index contributed by atoms with van der Waals surface area (Å²) in [6, 6.07) is 35.7. The molecule has 0 unspecified atom stereocenters. The van der Waals surface area contributed by atoms with Gasteiger partial charge in [-0.05, 0) is 65.6 Å². The monoisotopic (exact) mass is 432 g/mol. The van der Waals surface area contributed by atoms with Crippen LogP contribution in [0.3, 0.4) is 0 Å². The van der Waals surface area contributed by atoms with Gasteiger partial charge in [-0.25, -0.2) is 0 Å². The van der Waals surface area contributed by atoms with Crippen LogP contribution in [0.15, 0.2) is 114 Å². The summed E-state index contributed by atoms with van der Waals surface area (Å²) >= 11 is 0. The van der Waals surface area contributed by atoms with Crippen molar-refractivity contribution in [2.24, 2.45) is 0 Å². The standard InChI is InChI=1S/C30H28N2O/c1-30(2,3)22-18-24(31-23-12-6-4-7-13-23)20-26(19-22)32(25-14-8-5-9-15-25)28-21-33-29-17-11-10-16-27(28)29/h4-21,31H,1-3H3. The summed E-state index contributed by atoms with van der Waals surface area (Å²) < 4.78 is 5.94. The minimum absolute atomic E-state index is 0.00997. The predicted octanol–water partition coefficient (Wildman–Crippen LogP) is 8.94. The summed E-state index contributed by atoms with van der Waals surface area (Å²) in [6.45, 7) is 6.75. The number of hydrogen-bond donors (Lipinski definition) is 1. The van der Waals surface area contributed by atoms with Crippen LogP contribution in [0.1, 0.15) is 26.3 Å². The molecule has 33 heavy (non-hydrogen) atoms. The number of benzene rings is 4. The average molecular weight is 433 g/mol. The number of nitrogens with one attached hydrogen (secondary N) is 1. The molecule has 1 aromatic heterocycles. The van der Waals surface area contributed by atoms with Gasteiger partial charge in [0.2, 0.25) is 0 Å². The lowest BCUT2D eigenvalue weighted by atomic mass is 9.86. The largest absolute Gasteiger partial charge is 0.462 e. The lowest BCUT2D eigenvalue weighted by Gasteiger charge is -2.28. The van der Waals surface area contributed by atoms with Gasteiger partial charge in [-0.1, -0.05) is 69.3 Å². The molecule has 0 aliphatic heterocycles. The Hall–Kier alpha value is -3.98. The van der Waals surface area contributed by atoms with Crippen LogP contribution in [-0.2, 0) is 5.41 Å². The van der Waals surface area contributed by atoms with Gasteiger partial charge in [-0.3, -0.25) is 0 Å². The third kappa shape index (κ3) is 4.35. The second-order valence-corrected chi connectivity index (χ2v) is 9.30. The Labute approximate surface area is 195 Å². The van der Waals surface area contributed by atoms with Crippen molar-refractivity contribution in [2.75, 3.05) is 10.2 Å². The van der Waals surface area contributed by atoms with E-state index >= 15 is 0 Å². The molecule has 0 aliphatic carbocycles. The van der Waals surface area contributed by atoms with Crippen LogP contribution in [-0.4, -0.2) is 0 Å². The summed E-state index contributed by atoms with van der Waals surface area (Å²) in [5.41, 5.74) is 7.43. The molecule has 3 nitrogen and oxygen atoms in total. The summed E-state index contributed by atoms with van der Waals surface area (Å²) in [7, 11) is 0. The first-order chi connectivity index (χ1) is 16.0. The number of rotatable bonds is 5. The lowest BCUT2D eigenvalue weighted by molar-refractivity contribution is 0.590. The predicted molar refractivity (Wildman–Crippen MR) is 139 cm³/mol. The van der Waals surface area contributed by atoms with Crippen molar-refractivity contribution in [1.82, 2.24) is 0 Å². The first-order valence-electron chi connectivity index (χ1n) is 11.3. The number of hydrogen-bond acceptors (Lipinski definition) is 3. The van der Waals surface area contributed by atoms with Crippen LogP contribution in [0.5, 0.6) is 0 Å². The maximum Gasteiger partial charge on any atom is 0.136 e. The highest BCUT2D eigenvalue weighted by atomic mass is 16.3. The van der Waals surface area contributed by atoms with Gasteiger partial charge < -0.3 is 14.6 Å². The Bertz CT molecular complexity index is 1370. The van der Waals surface area contributed by atoms with Crippen molar-refractivity contribution < 1.29 is 4.42 Å². The van der Waals surface area contributed by atoms with Gasteiger partial charge in [-0.2, -0.15) is 0 Å². The smallest absolute Gasteiger partial charge is 0.136 e. The number of anilines is 5. The Balaban J connectivity index is 1.71. The fraction of sp³-hybridized carbons (Fsp3) is 0.133. The summed E-state index contributed by atoms with van der Waals surface area (Å²) in [5, 5.41) is 4.68. The molecular weight excluding hydrogens is 404 g/mol. The van der Waals surface area contributed by atoms with Gasteiger partial charge in [-0.15, -0.1) is 0 Å². The molecule has 164 valence electrons. The molecule has 0 bridgehead atoms. The molecule has 0 amide bonds. The van der Waals surface area contributed by atoms with Crippen molar-refractivity contribution in [1.29, 1.82) is 0 Å². The van der Waals surface area contributed by atoms with Crippen molar-refractivity contribution >= 4 is 39.4 Å². The van der Waals surface area contributed by atoms with Gasteiger partial charge in [0.1, 0.15) is 11.8 Å². The molecule has 5 rings (SSSR count). The van der Waals surface area contributed by atoms with E-state index in [1.165, 1.54) is 5.56 Å². The van der Waals surface area contributed by atoms with Crippen molar-refractivity contribution in [2.45, 2.75) is 26.2 Å². The summed E-state index contributed by atoms with van der Waals surface area (Å²) in [5.74, 6) is 0. The fourth-order valence-corrected chi connectivity index (χ4v) is 4.07. The molecule has 0 radical (unpaired) electrons. The maximum absolute atomic E-state index is 5.94. The van der Waals surface area contributed by atoms with E-state index in [-0.39, 0.29) is 5.41 Å². The molecule has 0 saturated heterocycles. The highest BCUT2D eigenvalue weighted by Gasteiger charge is 2.21. The summed E-state index contributed by atoms with van der Waals surface area (Å²) in [4.78, 5) is 2.28. The molecule has 3 heteroatoms. The van der Waals surface area contributed by atoms with E-state index in [0.717, 1.165) is 39.4 Å². The van der Waals surface area contributed by atoms with E-state index in [2.05, 4.69) is 97.7 Å². The third-order valence-corrected chi connectivity index (χ3v) is 5.82. The summed E-state index contributed by atoms with van der Waals surface area (Å²) in [6.07, 6.45) is 1.85.